The van der Waals surface area contributed by atoms with E-state index in [1.54, 1.807) is 0 Å². The first kappa shape index (κ1) is 16.1. The molecule has 1 aliphatic carbocycles. The Morgan fingerprint density at radius 2 is 1.95 bits per heavy atom. The van der Waals surface area contributed by atoms with Crippen molar-refractivity contribution >= 4 is 23.2 Å². The minimum absolute atomic E-state index is 0.0782. The molecule has 0 aromatic heterocycles. The molecule has 0 bridgehead atoms. The third kappa shape index (κ3) is 3.89. The number of hydrogen-bond acceptors (Lipinski definition) is 2. The third-order valence-corrected chi connectivity index (χ3v) is 4.03. The van der Waals surface area contributed by atoms with E-state index in [0.717, 1.165) is 31.4 Å². The number of amides is 1. The van der Waals surface area contributed by atoms with Gasteiger partial charge in [-0.1, -0.05) is 24.4 Å². The van der Waals surface area contributed by atoms with Crippen molar-refractivity contribution in [1.82, 2.24) is 0 Å². The Kier molecular flexibility index (Phi) is 4.78. The lowest BCUT2D eigenvalue weighted by Crippen LogP contribution is -2.40. The maximum absolute atomic E-state index is 12.8. The maximum Gasteiger partial charge on any atom is 0.417 e. The van der Waals surface area contributed by atoms with Gasteiger partial charge in [-0.15, -0.1) is 0 Å². The Bertz CT molecular complexity index is 533. The van der Waals surface area contributed by atoms with E-state index in [0.29, 0.717) is 6.42 Å². The Morgan fingerprint density at radius 1 is 1.29 bits per heavy atom. The Hall–Kier alpha value is -1.27. The van der Waals surface area contributed by atoms with Crippen molar-refractivity contribution in [3.63, 3.8) is 0 Å². The van der Waals surface area contributed by atoms with Gasteiger partial charge in [-0.05, 0) is 31.0 Å². The lowest BCUT2D eigenvalue weighted by molar-refractivity contribution is -0.137. The van der Waals surface area contributed by atoms with Crippen molar-refractivity contribution < 1.29 is 18.0 Å². The van der Waals surface area contributed by atoms with E-state index in [4.69, 9.17) is 17.3 Å². The number of alkyl halides is 3. The van der Waals surface area contributed by atoms with Crippen molar-refractivity contribution in [3.05, 3.63) is 28.8 Å². The SMILES string of the molecule is NC1CCCCC1C(=O)Nc1ccc(Cl)c(C(F)(F)F)c1. The molecule has 1 fully saturated rings. The van der Waals surface area contributed by atoms with Crippen LogP contribution in [0.25, 0.3) is 0 Å². The first-order chi connectivity index (χ1) is 9.79. The highest BCUT2D eigenvalue weighted by atomic mass is 35.5. The third-order valence-electron chi connectivity index (χ3n) is 3.70. The van der Waals surface area contributed by atoms with Crippen molar-refractivity contribution in [3.8, 4) is 0 Å². The van der Waals surface area contributed by atoms with Gasteiger partial charge >= 0.3 is 6.18 Å². The molecule has 3 N–H and O–H groups in total. The molecule has 1 aromatic rings. The summed E-state index contributed by atoms with van der Waals surface area (Å²) in [7, 11) is 0. The first-order valence-electron chi connectivity index (χ1n) is 6.72. The molecular formula is C14H16ClF3N2O. The van der Waals surface area contributed by atoms with Gasteiger partial charge in [0.2, 0.25) is 5.91 Å². The number of benzene rings is 1. The molecule has 7 heteroatoms. The molecule has 0 spiro atoms. The zero-order chi connectivity index (χ0) is 15.6. The summed E-state index contributed by atoms with van der Waals surface area (Å²) in [5, 5.41) is 2.11. The van der Waals surface area contributed by atoms with E-state index in [-0.39, 0.29) is 23.6 Å². The normalized spacial score (nSPS) is 22.9. The smallest absolute Gasteiger partial charge is 0.327 e. The van der Waals surface area contributed by atoms with Crippen molar-refractivity contribution in [1.29, 1.82) is 0 Å². The van der Waals surface area contributed by atoms with Crippen LogP contribution in [-0.2, 0) is 11.0 Å². The monoisotopic (exact) mass is 320 g/mol. The van der Waals surface area contributed by atoms with Gasteiger partial charge in [0.25, 0.3) is 0 Å². The van der Waals surface area contributed by atoms with Crippen LogP contribution in [-0.4, -0.2) is 11.9 Å². The van der Waals surface area contributed by atoms with Crippen molar-refractivity contribution in [2.24, 2.45) is 11.7 Å². The number of halogens is 4. The quantitative estimate of drug-likeness (QED) is 0.870. The second-order valence-electron chi connectivity index (χ2n) is 5.24. The summed E-state index contributed by atoms with van der Waals surface area (Å²) in [6, 6.07) is 3.08. The average Bonchev–Trinajstić information content (AvgIpc) is 2.40. The first-order valence-corrected chi connectivity index (χ1v) is 7.10. The predicted molar refractivity (Wildman–Crippen MR) is 75.0 cm³/mol. The largest absolute Gasteiger partial charge is 0.417 e. The molecule has 3 nitrogen and oxygen atoms in total. The summed E-state index contributed by atoms with van der Waals surface area (Å²) in [5.41, 5.74) is 5.01. The minimum Gasteiger partial charge on any atom is -0.327 e. The van der Waals surface area contributed by atoms with Gasteiger partial charge in [0.1, 0.15) is 0 Å². The molecule has 0 radical (unpaired) electrons. The van der Waals surface area contributed by atoms with Gasteiger partial charge in [0.15, 0.2) is 0 Å². The molecule has 2 atom stereocenters. The van der Waals surface area contributed by atoms with Gasteiger partial charge in [-0.3, -0.25) is 4.79 Å². The summed E-state index contributed by atoms with van der Waals surface area (Å²) in [6.45, 7) is 0. The fraction of sp³-hybridized carbons (Fsp3) is 0.500. The van der Waals surface area contributed by atoms with E-state index in [1.165, 1.54) is 6.07 Å². The highest BCUT2D eigenvalue weighted by Gasteiger charge is 2.34. The second kappa shape index (κ2) is 6.23. The Morgan fingerprint density at radius 3 is 2.57 bits per heavy atom. The van der Waals surface area contributed by atoms with Crippen LogP contribution in [0.5, 0.6) is 0 Å². The van der Waals surface area contributed by atoms with Gasteiger partial charge in [-0.25, -0.2) is 0 Å². The number of carbonyl (C=O) groups is 1. The fourth-order valence-electron chi connectivity index (χ4n) is 2.54. The van der Waals surface area contributed by atoms with Crippen LogP contribution in [0.3, 0.4) is 0 Å². The number of anilines is 1. The number of nitrogens with two attached hydrogens (primary N) is 1. The minimum atomic E-state index is -4.56. The number of hydrogen-bond donors (Lipinski definition) is 2. The van der Waals surface area contributed by atoms with Crippen LogP contribution in [0.2, 0.25) is 5.02 Å². The van der Waals surface area contributed by atoms with Crippen LogP contribution < -0.4 is 11.1 Å². The Labute approximate surface area is 125 Å². The van der Waals surface area contributed by atoms with Gasteiger partial charge in [0.05, 0.1) is 16.5 Å². The molecule has 2 unspecified atom stereocenters. The molecular weight excluding hydrogens is 305 g/mol. The van der Waals surface area contributed by atoms with Gasteiger partial charge < -0.3 is 11.1 Å². The molecule has 0 aliphatic heterocycles. The Balaban J connectivity index is 2.14. The highest BCUT2D eigenvalue weighted by molar-refractivity contribution is 6.31. The van der Waals surface area contributed by atoms with Crippen molar-refractivity contribution in [2.45, 2.75) is 37.9 Å². The van der Waals surface area contributed by atoms with E-state index >= 15 is 0 Å². The van der Waals surface area contributed by atoms with Gasteiger partial charge in [-0.2, -0.15) is 13.2 Å². The van der Waals surface area contributed by atoms with Crippen LogP contribution >= 0.6 is 11.6 Å². The topological polar surface area (TPSA) is 55.1 Å². The van der Waals surface area contributed by atoms with E-state index < -0.39 is 16.8 Å². The summed E-state index contributed by atoms with van der Waals surface area (Å²) in [6.07, 6.45) is -1.26. The molecule has 1 saturated carbocycles. The summed E-state index contributed by atoms with van der Waals surface area (Å²) < 4.78 is 38.3. The summed E-state index contributed by atoms with van der Waals surface area (Å²) in [4.78, 5) is 12.1. The van der Waals surface area contributed by atoms with Gasteiger partial charge in [0, 0.05) is 11.7 Å². The second-order valence-corrected chi connectivity index (χ2v) is 5.64. The lowest BCUT2D eigenvalue weighted by Gasteiger charge is -2.27. The standard InChI is InChI=1S/C14H16ClF3N2O/c15-11-6-5-8(7-10(11)14(16,17)18)20-13(21)9-3-1-2-4-12(9)19/h5-7,9,12H,1-4,19H2,(H,20,21). The van der Waals surface area contributed by atoms with Crippen LogP contribution in [0.1, 0.15) is 31.2 Å². The zero-order valence-electron chi connectivity index (χ0n) is 11.2. The lowest BCUT2D eigenvalue weighted by atomic mass is 9.84. The molecule has 0 heterocycles. The van der Waals surface area contributed by atoms with E-state index in [2.05, 4.69) is 5.32 Å². The van der Waals surface area contributed by atoms with Crippen LogP contribution in [0.4, 0.5) is 18.9 Å². The molecule has 0 saturated heterocycles. The zero-order valence-corrected chi connectivity index (χ0v) is 12.0. The fourth-order valence-corrected chi connectivity index (χ4v) is 2.76. The van der Waals surface area contributed by atoms with Crippen LogP contribution in [0.15, 0.2) is 18.2 Å². The number of carbonyl (C=O) groups excluding carboxylic acids is 1. The number of nitrogens with one attached hydrogen (secondary N) is 1. The van der Waals surface area contributed by atoms with E-state index in [1.807, 2.05) is 0 Å². The van der Waals surface area contributed by atoms with Crippen LogP contribution in [0, 0.1) is 5.92 Å². The maximum atomic E-state index is 12.8. The molecule has 2 rings (SSSR count). The number of rotatable bonds is 2. The predicted octanol–water partition coefficient (Wildman–Crippen LogP) is 3.81. The summed E-state index contributed by atoms with van der Waals surface area (Å²) in [5.74, 6) is -0.693. The summed E-state index contributed by atoms with van der Waals surface area (Å²) >= 11 is 5.54. The molecule has 1 aromatic carbocycles. The molecule has 116 valence electrons. The molecule has 1 amide bonds. The van der Waals surface area contributed by atoms with Crippen molar-refractivity contribution in [2.75, 3.05) is 5.32 Å². The van der Waals surface area contributed by atoms with E-state index in [9.17, 15) is 18.0 Å². The molecule has 1 aliphatic rings. The molecule has 21 heavy (non-hydrogen) atoms. The highest BCUT2D eigenvalue weighted by Crippen LogP contribution is 2.36. The average molecular weight is 321 g/mol.